The van der Waals surface area contributed by atoms with Crippen molar-refractivity contribution >= 4 is 17.6 Å². The van der Waals surface area contributed by atoms with E-state index in [2.05, 4.69) is 9.97 Å². The molecule has 0 bridgehead atoms. The van der Waals surface area contributed by atoms with Crippen molar-refractivity contribution in [2.75, 3.05) is 0 Å². The van der Waals surface area contributed by atoms with Crippen LogP contribution in [0.25, 0.3) is 0 Å². The largest absolute Gasteiger partial charge is 0.384 e. The number of pyridine rings is 1. The first-order valence-electron chi connectivity index (χ1n) is 6.55. The van der Waals surface area contributed by atoms with Gasteiger partial charge in [0.1, 0.15) is 15.9 Å². The Morgan fingerprint density at radius 3 is 2.85 bits per heavy atom. The number of rotatable bonds is 3. The Bertz CT molecular complexity index is 642. The number of nitrogens with two attached hydrogens (primary N) is 1. The van der Waals surface area contributed by atoms with Crippen molar-refractivity contribution in [3.05, 3.63) is 41.5 Å². The average Bonchev–Trinajstić information content (AvgIpc) is 2.47. The third-order valence-electron chi connectivity index (χ3n) is 3.30. The van der Waals surface area contributed by atoms with Gasteiger partial charge in [-0.1, -0.05) is 0 Å². The summed E-state index contributed by atoms with van der Waals surface area (Å²) in [6.45, 7) is 0. The van der Waals surface area contributed by atoms with E-state index in [0.717, 1.165) is 28.6 Å². The molecule has 0 spiro atoms. The number of hydrogen-bond acceptors (Lipinski definition) is 5. The van der Waals surface area contributed by atoms with Crippen LogP contribution in [-0.4, -0.2) is 20.8 Å². The fraction of sp³-hybridized carbons (Fsp3) is 0.286. The van der Waals surface area contributed by atoms with E-state index in [1.54, 1.807) is 18.6 Å². The summed E-state index contributed by atoms with van der Waals surface area (Å²) in [5, 5.41) is 9.26. The second-order valence-corrected chi connectivity index (χ2v) is 5.72. The van der Waals surface area contributed by atoms with Gasteiger partial charge in [0, 0.05) is 23.7 Å². The van der Waals surface area contributed by atoms with Gasteiger partial charge in [-0.05, 0) is 49.1 Å². The highest BCUT2D eigenvalue weighted by molar-refractivity contribution is 7.99. The maximum Gasteiger partial charge on any atom is 0.125 e. The minimum atomic E-state index is 0.0530. The first kappa shape index (κ1) is 13.1. The lowest BCUT2D eigenvalue weighted by Crippen LogP contribution is -2.16. The van der Waals surface area contributed by atoms with Crippen molar-refractivity contribution in [1.82, 2.24) is 15.0 Å². The summed E-state index contributed by atoms with van der Waals surface area (Å²) in [6, 6.07) is 2.02. The Balaban J connectivity index is 2.02. The molecule has 0 aromatic carbocycles. The summed E-state index contributed by atoms with van der Waals surface area (Å²) in [5.41, 5.74) is 8.75. The van der Waals surface area contributed by atoms with E-state index in [0.29, 0.717) is 5.56 Å². The molecule has 0 radical (unpaired) electrons. The Morgan fingerprint density at radius 1 is 1.25 bits per heavy atom. The van der Waals surface area contributed by atoms with Gasteiger partial charge in [0.05, 0.1) is 6.20 Å². The van der Waals surface area contributed by atoms with Crippen LogP contribution >= 0.6 is 11.8 Å². The number of fused-ring (bicyclic) bond motifs is 1. The highest BCUT2D eigenvalue weighted by Crippen LogP contribution is 2.30. The molecule has 0 unspecified atom stereocenters. The third-order valence-corrected chi connectivity index (χ3v) is 4.22. The molecule has 5 nitrogen and oxygen atoms in total. The van der Waals surface area contributed by atoms with Gasteiger partial charge >= 0.3 is 0 Å². The second kappa shape index (κ2) is 5.58. The van der Waals surface area contributed by atoms with Crippen molar-refractivity contribution in [1.29, 1.82) is 5.41 Å². The zero-order valence-electron chi connectivity index (χ0n) is 11.0. The summed E-state index contributed by atoms with van der Waals surface area (Å²) in [6.07, 6.45) is 9.36. The normalized spacial score (nSPS) is 13.8. The third kappa shape index (κ3) is 2.65. The molecule has 1 aliphatic carbocycles. The quantitative estimate of drug-likeness (QED) is 0.666. The van der Waals surface area contributed by atoms with Crippen LogP contribution in [0.4, 0.5) is 0 Å². The molecule has 3 N–H and O–H groups in total. The summed E-state index contributed by atoms with van der Waals surface area (Å²) in [7, 11) is 0. The van der Waals surface area contributed by atoms with E-state index in [-0.39, 0.29) is 5.84 Å². The van der Waals surface area contributed by atoms with Crippen molar-refractivity contribution in [2.24, 2.45) is 5.73 Å². The van der Waals surface area contributed by atoms with Crippen LogP contribution in [0.15, 0.2) is 34.7 Å². The van der Waals surface area contributed by atoms with Gasteiger partial charge in [-0.15, -0.1) is 0 Å². The minimum Gasteiger partial charge on any atom is -0.384 e. The standard InChI is InChI=1S/C14H15N5S/c15-13(16)10-7-9-3-1-2-4-11(9)19-14(10)20-12-8-17-5-6-18-12/h5-8H,1-4H2,(H3,15,16). The van der Waals surface area contributed by atoms with Crippen molar-refractivity contribution < 1.29 is 0 Å². The number of nitrogens with zero attached hydrogens (tertiary/aromatic N) is 3. The lowest BCUT2D eigenvalue weighted by molar-refractivity contribution is 0.660. The van der Waals surface area contributed by atoms with Crippen molar-refractivity contribution in [2.45, 2.75) is 35.7 Å². The summed E-state index contributed by atoms with van der Waals surface area (Å²) in [4.78, 5) is 13.0. The fourth-order valence-electron chi connectivity index (χ4n) is 2.32. The van der Waals surface area contributed by atoms with Crippen LogP contribution in [0, 0.1) is 5.41 Å². The van der Waals surface area contributed by atoms with Gasteiger partial charge in [0.15, 0.2) is 0 Å². The van der Waals surface area contributed by atoms with Crippen molar-refractivity contribution in [3.63, 3.8) is 0 Å². The predicted octanol–water partition coefficient (Wildman–Crippen LogP) is 2.19. The monoisotopic (exact) mass is 285 g/mol. The van der Waals surface area contributed by atoms with Crippen molar-refractivity contribution in [3.8, 4) is 0 Å². The number of amidine groups is 1. The predicted molar refractivity (Wildman–Crippen MR) is 78.1 cm³/mol. The van der Waals surface area contributed by atoms with Gasteiger partial charge in [-0.25, -0.2) is 9.97 Å². The van der Waals surface area contributed by atoms with Gasteiger partial charge in [0.2, 0.25) is 0 Å². The molecule has 2 heterocycles. The molecular weight excluding hydrogens is 270 g/mol. The van der Waals surface area contributed by atoms with Gasteiger partial charge in [-0.3, -0.25) is 10.4 Å². The molecule has 6 heteroatoms. The fourth-order valence-corrected chi connectivity index (χ4v) is 3.18. The Morgan fingerprint density at radius 2 is 2.10 bits per heavy atom. The van der Waals surface area contributed by atoms with E-state index in [1.165, 1.54) is 30.2 Å². The Labute approximate surface area is 121 Å². The van der Waals surface area contributed by atoms with E-state index < -0.39 is 0 Å². The van der Waals surface area contributed by atoms with Crippen LogP contribution in [0.1, 0.15) is 29.7 Å². The molecule has 20 heavy (non-hydrogen) atoms. The first-order valence-corrected chi connectivity index (χ1v) is 7.37. The molecule has 3 rings (SSSR count). The highest BCUT2D eigenvalue weighted by Gasteiger charge is 2.17. The highest BCUT2D eigenvalue weighted by atomic mass is 32.2. The van der Waals surface area contributed by atoms with E-state index in [9.17, 15) is 0 Å². The molecule has 0 fully saturated rings. The van der Waals surface area contributed by atoms with Crippen LogP contribution in [0.3, 0.4) is 0 Å². The van der Waals surface area contributed by atoms with E-state index in [4.69, 9.17) is 16.1 Å². The zero-order valence-corrected chi connectivity index (χ0v) is 11.8. The SMILES string of the molecule is N=C(N)c1cc2c(nc1Sc1cnccn1)CCCC2. The molecule has 2 aromatic heterocycles. The average molecular weight is 285 g/mol. The lowest BCUT2D eigenvalue weighted by Gasteiger charge is -2.17. The van der Waals surface area contributed by atoms with Crippen LogP contribution in [0.5, 0.6) is 0 Å². The molecule has 0 amide bonds. The minimum absolute atomic E-state index is 0.0530. The number of hydrogen-bond donors (Lipinski definition) is 2. The Hall–Kier alpha value is -1.95. The van der Waals surface area contributed by atoms with Crippen LogP contribution in [-0.2, 0) is 12.8 Å². The van der Waals surface area contributed by atoms with Crippen LogP contribution < -0.4 is 5.73 Å². The number of aryl methyl sites for hydroxylation is 2. The van der Waals surface area contributed by atoms with E-state index >= 15 is 0 Å². The topological polar surface area (TPSA) is 88.5 Å². The molecule has 102 valence electrons. The summed E-state index contributed by atoms with van der Waals surface area (Å²) in [5.74, 6) is 0.0530. The van der Waals surface area contributed by atoms with Gasteiger partial charge in [0.25, 0.3) is 0 Å². The molecule has 0 saturated heterocycles. The molecule has 0 atom stereocenters. The maximum atomic E-state index is 7.75. The first-order chi connectivity index (χ1) is 9.74. The molecule has 2 aromatic rings. The summed E-state index contributed by atoms with van der Waals surface area (Å²) >= 11 is 1.41. The number of nitrogen functional groups attached to an aromatic ring is 1. The van der Waals surface area contributed by atoms with E-state index in [1.807, 2.05) is 6.07 Å². The number of nitrogens with one attached hydrogen (secondary N) is 1. The Kier molecular flexibility index (Phi) is 3.64. The van der Waals surface area contributed by atoms with Crippen LogP contribution in [0.2, 0.25) is 0 Å². The lowest BCUT2D eigenvalue weighted by atomic mass is 9.95. The molecule has 0 saturated carbocycles. The van der Waals surface area contributed by atoms with Gasteiger partial charge < -0.3 is 5.73 Å². The molecule has 0 aliphatic heterocycles. The summed E-state index contributed by atoms with van der Waals surface area (Å²) < 4.78 is 0. The smallest absolute Gasteiger partial charge is 0.125 e. The molecular formula is C14H15N5S. The zero-order chi connectivity index (χ0) is 13.9. The maximum absolute atomic E-state index is 7.75. The van der Waals surface area contributed by atoms with Gasteiger partial charge in [-0.2, -0.15) is 0 Å². The molecule has 1 aliphatic rings. The second-order valence-electron chi connectivity index (χ2n) is 4.71. The number of aromatic nitrogens is 3.